The van der Waals surface area contributed by atoms with E-state index in [0.29, 0.717) is 5.88 Å². The number of hydrogen-bond acceptors (Lipinski definition) is 3. The predicted octanol–water partition coefficient (Wildman–Crippen LogP) is -0.0760. The normalized spacial score (nSPS) is 30.2. The van der Waals surface area contributed by atoms with Crippen LogP contribution in [0.25, 0.3) is 0 Å². The maximum absolute atomic E-state index is 10.9. The van der Waals surface area contributed by atoms with E-state index in [2.05, 4.69) is 11.5 Å². The molecule has 0 fully saturated rings. The summed E-state index contributed by atoms with van der Waals surface area (Å²) in [6, 6.07) is 0. The maximum atomic E-state index is 10.9. The number of rotatable bonds is 0. The third kappa shape index (κ3) is 0.892. The van der Waals surface area contributed by atoms with E-state index in [1.807, 2.05) is 11.1 Å². The summed E-state index contributed by atoms with van der Waals surface area (Å²) >= 11 is 0. The molecule has 4 heteroatoms. The summed E-state index contributed by atoms with van der Waals surface area (Å²) < 4.78 is 10.9. The number of hydrazine groups is 1. The van der Waals surface area contributed by atoms with Gasteiger partial charge in [-0.1, -0.05) is 0 Å². The SMILES string of the molecule is O=S1C=CC2=CCNN2C1. The van der Waals surface area contributed by atoms with Crippen LogP contribution < -0.4 is 5.43 Å². The molecule has 0 amide bonds. The molecule has 1 atom stereocenters. The summed E-state index contributed by atoms with van der Waals surface area (Å²) in [4.78, 5) is 0. The van der Waals surface area contributed by atoms with Crippen LogP contribution in [0.2, 0.25) is 0 Å². The van der Waals surface area contributed by atoms with Crippen LogP contribution in [-0.2, 0) is 10.8 Å². The van der Waals surface area contributed by atoms with Crippen molar-refractivity contribution >= 4 is 10.8 Å². The Balaban J connectivity index is 2.28. The molecule has 0 saturated heterocycles. The third-order valence-electron chi connectivity index (χ3n) is 1.55. The first kappa shape index (κ1) is 6.12. The molecule has 1 unspecified atom stereocenters. The van der Waals surface area contributed by atoms with E-state index in [9.17, 15) is 4.21 Å². The van der Waals surface area contributed by atoms with E-state index in [1.165, 1.54) is 0 Å². The van der Waals surface area contributed by atoms with Gasteiger partial charge in [0.05, 0.1) is 16.5 Å². The Kier molecular flexibility index (Phi) is 1.35. The van der Waals surface area contributed by atoms with Crippen molar-refractivity contribution in [3.05, 3.63) is 23.3 Å². The molecule has 0 aliphatic carbocycles. The van der Waals surface area contributed by atoms with Crippen LogP contribution in [0.4, 0.5) is 0 Å². The summed E-state index contributed by atoms with van der Waals surface area (Å²) in [6.07, 6.45) is 3.96. The van der Waals surface area contributed by atoms with Crippen molar-refractivity contribution in [2.24, 2.45) is 0 Å². The van der Waals surface area contributed by atoms with Gasteiger partial charge in [-0.05, 0) is 12.2 Å². The summed E-state index contributed by atoms with van der Waals surface area (Å²) in [5.41, 5.74) is 4.22. The zero-order valence-corrected chi connectivity index (χ0v) is 6.23. The zero-order chi connectivity index (χ0) is 6.97. The van der Waals surface area contributed by atoms with Gasteiger partial charge in [-0.2, -0.15) is 0 Å². The fourth-order valence-electron chi connectivity index (χ4n) is 1.06. The van der Waals surface area contributed by atoms with Gasteiger partial charge in [-0.25, -0.2) is 5.43 Å². The molecule has 0 aromatic carbocycles. The van der Waals surface area contributed by atoms with E-state index in [0.717, 1.165) is 12.2 Å². The Labute approximate surface area is 61.8 Å². The maximum Gasteiger partial charge on any atom is 0.114 e. The van der Waals surface area contributed by atoms with Crippen molar-refractivity contribution < 1.29 is 4.21 Å². The molecular formula is C6H8N2OS. The topological polar surface area (TPSA) is 32.3 Å². The molecule has 0 bridgehead atoms. The van der Waals surface area contributed by atoms with Gasteiger partial charge in [0.15, 0.2) is 0 Å². The van der Waals surface area contributed by atoms with Gasteiger partial charge >= 0.3 is 0 Å². The molecule has 0 aromatic rings. The molecule has 2 rings (SSSR count). The first-order valence-electron chi connectivity index (χ1n) is 3.13. The Morgan fingerprint density at radius 2 is 2.60 bits per heavy atom. The van der Waals surface area contributed by atoms with E-state index >= 15 is 0 Å². The minimum Gasteiger partial charge on any atom is -0.295 e. The molecule has 0 radical (unpaired) electrons. The quantitative estimate of drug-likeness (QED) is 0.532. The molecule has 3 nitrogen and oxygen atoms in total. The van der Waals surface area contributed by atoms with Gasteiger partial charge in [0.1, 0.15) is 5.88 Å². The smallest absolute Gasteiger partial charge is 0.114 e. The van der Waals surface area contributed by atoms with Crippen LogP contribution in [0.5, 0.6) is 0 Å². The molecular weight excluding hydrogens is 148 g/mol. The lowest BCUT2D eigenvalue weighted by molar-refractivity contribution is 0.335. The number of nitrogens with zero attached hydrogens (tertiary/aromatic N) is 1. The lowest BCUT2D eigenvalue weighted by atomic mass is 10.4. The molecule has 2 aliphatic heterocycles. The van der Waals surface area contributed by atoms with Gasteiger partial charge in [0, 0.05) is 12.0 Å². The summed E-state index contributed by atoms with van der Waals surface area (Å²) in [6.45, 7) is 0.858. The summed E-state index contributed by atoms with van der Waals surface area (Å²) in [5, 5.41) is 3.64. The fourth-order valence-corrected chi connectivity index (χ4v) is 1.93. The summed E-state index contributed by atoms with van der Waals surface area (Å²) in [7, 11) is -0.809. The average Bonchev–Trinajstić information content (AvgIpc) is 2.33. The largest absolute Gasteiger partial charge is 0.295 e. The Bertz CT molecular complexity index is 234. The average molecular weight is 156 g/mol. The predicted molar refractivity (Wildman–Crippen MR) is 40.1 cm³/mol. The van der Waals surface area contributed by atoms with E-state index in [-0.39, 0.29) is 0 Å². The van der Waals surface area contributed by atoms with Crippen molar-refractivity contribution in [2.75, 3.05) is 12.4 Å². The second-order valence-corrected chi connectivity index (χ2v) is 3.52. The van der Waals surface area contributed by atoms with Crippen molar-refractivity contribution in [1.29, 1.82) is 0 Å². The third-order valence-corrected chi connectivity index (χ3v) is 2.50. The number of allylic oxidation sites excluding steroid dienone is 1. The molecule has 0 aromatic heterocycles. The second-order valence-electron chi connectivity index (χ2n) is 2.23. The van der Waals surface area contributed by atoms with Gasteiger partial charge in [0.2, 0.25) is 0 Å². The van der Waals surface area contributed by atoms with Crippen LogP contribution in [-0.4, -0.2) is 21.6 Å². The number of hydrogen-bond donors (Lipinski definition) is 1. The van der Waals surface area contributed by atoms with Crippen LogP contribution in [0.3, 0.4) is 0 Å². The molecule has 10 heavy (non-hydrogen) atoms. The Morgan fingerprint density at radius 1 is 1.70 bits per heavy atom. The second kappa shape index (κ2) is 2.21. The minimum atomic E-state index is -0.809. The number of fused-ring (bicyclic) bond motifs is 1. The van der Waals surface area contributed by atoms with Crippen LogP contribution >= 0.6 is 0 Å². The molecule has 0 saturated carbocycles. The Morgan fingerprint density at radius 3 is 3.50 bits per heavy atom. The molecule has 1 N–H and O–H groups in total. The highest BCUT2D eigenvalue weighted by atomic mass is 32.2. The van der Waals surface area contributed by atoms with Gasteiger partial charge < -0.3 is 0 Å². The number of nitrogens with one attached hydrogen (secondary N) is 1. The van der Waals surface area contributed by atoms with Crippen LogP contribution in [0.1, 0.15) is 0 Å². The van der Waals surface area contributed by atoms with Gasteiger partial charge in [-0.3, -0.25) is 9.22 Å². The van der Waals surface area contributed by atoms with Crippen molar-refractivity contribution in [1.82, 2.24) is 10.4 Å². The van der Waals surface area contributed by atoms with E-state index in [1.54, 1.807) is 5.41 Å². The molecule has 2 heterocycles. The first-order chi connectivity index (χ1) is 4.86. The first-order valence-corrected chi connectivity index (χ1v) is 4.51. The van der Waals surface area contributed by atoms with Crippen molar-refractivity contribution in [3.8, 4) is 0 Å². The molecule has 0 spiro atoms. The minimum absolute atomic E-state index is 0.586. The highest BCUT2D eigenvalue weighted by Crippen LogP contribution is 2.14. The Hall–Kier alpha value is -0.610. The molecule has 2 aliphatic rings. The van der Waals surface area contributed by atoms with Crippen LogP contribution in [0, 0.1) is 0 Å². The van der Waals surface area contributed by atoms with E-state index in [4.69, 9.17) is 0 Å². The highest BCUT2D eigenvalue weighted by molar-refractivity contribution is 7.87. The molecule has 54 valence electrons. The zero-order valence-electron chi connectivity index (χ0n) is 5.41. The fraction of sp³-hybridized carbons (Fsp3) is 0.333. The monoisotopic (exact) mass is 156 g/mol. The highest BCUT2D eigenvalue weighted by Gasteiger charge is 2.17. The lowest BCUT2D eigenvalue weighted by Crippen LogP contribution is -2.35. The summed E-state index contributed by atoms with van der Waals surface area (Å²) in [5.74, 6) is 0.586. The lowest BCUT2D eigenvalue weighted by Gasteiger charge is -2.21. The van der Waals surface area contributed by atoms with E-state index < -0.39 is 10.8 Å². The van der Waals surface area contributed by atoms with Gasteiger partial charge in [0.25, 0.3) is 0 Å². The standard InChI is InChI=1S/C6H8N2OS/c9-10-4-2-6-1-3-7-8(6)5-10/h1-2,4,7H,3,5H2. The van der Waals surface area contributed by atoms with Crippen molar-refractivity contribution in [3.63, 3.8) is 0 Å². The van der Waals surface area contributed by atoms with Gasteiger partial charge in [-0.15, -0.1) is 0 Å². The van der Waals surface area contributed by atoms with Crippen LogP contribution in [0.15, 0.2) is 23.3 Å². The van der Waals surface area contributed by atoms with Crippen molar-refractivity contribution in [2.45, 2.75) is 0 Å².